The largest absolute Gasteiger partial charge is 0.481 e. The van der Waals surface area contributed by atoms with Crippen LogP contribution < -0.4 is 5.32 Å². The lowest BCUT2D eigenvalue weighted by molar-refractivity contribution is -0.137. The van der Waals surface area contributed by atoms with E-state index in [0.29, 0.717) is 18.5 Å². The van der Waals surface area contributed by atoms with Gasteiger partial charge >= 0.3 is 12.0 Å². The second-order valence-electron chi connectivity index (χ2n) is 4.88. The summed E-state index contributed by atoms with van der Waals surface area (Å²) < 4.78 is 13.5. The minimum Gasteiger partial charge on any atom is -0.481 e. The van der Waals surface area contributed by atoms with Crippen LogP contribution in [0.4, 0.5) is 9.18 Å². The van der Waals surface area contributed by atoms with Gasteiger partial charge in [-0.2, -0.15) is 0 Å². The smallest absolute Gasteiger partial charge is 0.317 e. The van der Waals surface area contributed by atoms with Crippen LogP contribution in [-0.4, -0.2) is 35.6 Å². The maximum absolute atomic E-state index is 13.5. The highest BCUT2D eigenvalue weighted by Crippen LogP contribution is 2.08. The van der Waals surface area contributed by atoms with Gasteiger partial charge in [0.15, 0.2) is 0 Å². The summed E-state index contributed by atoms with van der Waals surface area (Å²) in [7, 11) is 1.60. The Morgan fingerprint density at radius 1 is 1.24 bits per heavy atom. The molecule has 0 unspecified atom stereocenters. The first kappa shape index (κ1) is 16.9. The standard InChI is InChI=1S/C15H21FN2O3/c1-18(11-12-7-4-5-8-13(12)16)15(21)17-10-6-2-3-9-14(19)20/h4-5,7-8H,2-3,6,9-11H2,1H3,(H,17,21)(H,19,20). The van der Waals surface area contributed by atoms with Crippen molar-refractivity contribution in [3.63, 3.8) is 0 Å². The zero-order chi connectivity index (χ0) is 15.7. The molecule has 2 N–H and O–H groups in total. The van der Waals surface area contributed by atoms with E-state index in [2.05, 4.69) is 5.32 Å². The molecule has 0 atom stereocenters. The summed E-state index contributed by atoms with van der Waals surface area (Å²) in [6.45, 7) is 0.692. The van der Waals surface area contributed by atoms with E-state index >= 15 is 0 Å². The van der Waals surface area contributed by atoms with Gasteiger partial charge in [0.1, 0.15) is 5.82 Å². The number of unbranched alkanes of at least 4 members (excludes halogenated alkanes) is 2. The lowest BCUT2D eigenvalue weighted by atomic mass is 10.2. The molecule has 0 aromatic heterocycles. The van der Waals surface area contributed by atoms with Crippen molar-refractivity contribution in [3.05, 3.63) is 35.6 Å². The maximum Gasteiger partial charge on any atom is 0.317 e. The molecular weight excluding hydrogens is 275 g/mol. The molecule has 0 heterocycles. The number of hydrogen-bond donors (Lipinski definition) is 2. The van der Waals surface area contributed by atoms with Gasteiger partial charge in [0.25, 0.3) is 0 Å². The van der Waals surface area contributed by atoms with E-state index in [1.807, 2.05) is 0 Å². The highest BCUT2D eigenvalue weighted by atomic mass is 19.1. The molecule has 2 amide bonds. The van der Waals surface area contributed by atoms with Crippen molar-refractivity contribution in [2.75, 3.05) is 13.6 Å². The van der Waals surface area contributed by atoms with Crippen molar-refractivity contribution in [2.45, 2.75) is 32.2 Å². The van der Waals surface area contributed by atoms with Gasteiger partial charge in [-0.25, -0.2) is 9.18 Å². The van der Waals surface area contributed by atoms with Gasteiger partial charge in [-0.3, -0.25) is 4.79 Å². The first-order chi connectivity index (χ1) is 10.0. The number of nitrogens with zero attached hydrogens (tertiary/aromatic N) is 1. The fraction of sp³-hybridized carbons (Fsp3) is 0.467. The minimum atomic E-state index is -0.802. The molecule has 0 aliphatic carbocycles. The topological polar surface area (TPSA) is 69.6 Å². The van der Waals surface area contributed by atoms with E-state index in [1.165, 1.54) is 11.0 Å². The molecule has 0 bridgehead atoms. The number of carbonyl (C=O) groups excluding carboxylic acids is 1. The SMILES string of the molecule is CN(Cc1ccccc1F)C(=O)NCCCCCC(=O)O. The number of aliphatic carboxylic acids is 1. The molecular formula is C15H21FN2O3. The Labute approximate surface area is 123 Å². The number of carbonyl (C=O) groups is 2. The minimum absolute atomic E-state index is 0.154. The second kappa shape index (κ2) is 8.94. The Balaban J connectivity index is 2.23. The molecule has 1 aromatic carbocycles. The van der Waals surface area contributed by atoms with Crippen molar-refractivity contribution in [2.24, 2.45) is 0 Å². The van der Waals surface area contributed by atoms with Crippen molar-refractivity contribution < 1.29 is 19.1 Å². The normalized spacial score (nSPS) is 10.2. The lowest BCUT2D eigenvalue weighted by Gasteiger charge is -2.18. The quantitative estimate of drug-likeness (QED) is 0.724. The van der Waals surface area contributed by atoms with Crippen molar-refractivity contribution in [3.8, 4) is 0 Å². The fourth-order valence-electron chi connectivity index (χ4n) is 1.86. The van der Waals surface area contributed by atoms with Crippen LogP contribution in [0.25, 0.3) is 0 Å². The Hall–Kier alpha value is -2.11. The summed E-state index contributed by atoms with van der Waals surface area (Å²) in [5.41, 5.74) is 0.469. The number of carboxylic acid groups (broad SMARTS) is 1. The molecule has 5 nitrogen and oxygen atoms in total. The first-order valence-electron chi connectivity index (χ1n) is 6.95. The van der Waals surface area contributed by atoms with Crippen LogP contribution in [-0.2, 0) is 11.3 Å². The Bertz CT molecular complexity index is 480. The number of hydrogen-bond acceptors (Lipinski definition) is 2. The predicted octanol–water partition coefficient (Wildman–Crippen LogP) is 2.61. The number of benzene rings is 1. The molecule has 1 aromatic rings. The third-order valence-corrected chi connectivity index (χ3v) is 3.06. The van der Waals surface area contributed by atoms with Crippen LogP contribution in [0.3, 0.4) is 0 Å². The maximum atomic E-state index is 13.5. The lowest BCUT2D eigenvalue weighted by Crippen LogP contribution is -2.37. The van der Waals surface area contributed by atoms with E-state index in [0.717, 1.165) is 12.8 Å². The zero-order valence-electron chi connectivity index (χ0n) is 12.1. The summed E-state index contributed by atoms with van der Waals surface area (Å²) in [5, 5.41) is 11.2. The van der Waals surface area contributed by atoms with Crippen LogP contribution in [0.15, 0.2) is 24.3 Å². The molecule has 0 aliphatic heterocycles. The summed E-state index contributed by atoms with van der Waals surface area (Å²) in [5.74, 6) is -1.13. The third kappa shape index (κ3) is 6.74. The van der Waals surface area contributed by atoms with Crippen LogP contribution in [0.5, 0.6) is 0 Å². The van der Waals surface area contributed by atoms with Gasteiger partial charge < -0.3 is 15.3 Å². The molecule has 6 heteroatoms. The van der Waals surface area contributed by atoms with Crippen LogP contribution in [0.2, 0.25) is 0 Å². The number of amides is 2. The molecule has 116 valence electrons. The van der Waals surface area contributed by atoms with Gasteiger partial charge in [-0.05, 0) is 18.9 Å². The summed E-state index contributed by atoms with van der Waals surface area (Å²) in [4.78, 5) is 23.5. The highest BCUT2D eigenvalue weighted by molar-refractivity contribution is 5.73. The zero-order valence-corrected chi connectivity index (χ0v) is 12.1. The van der Waals surface area contributed by atoms with E-state index in [1.54, 1.807) is 25.2 Å². The number of urea groups is 1. The van der Waals surface area contributed by atoms with Gasteiger partial charge in [0.05, 0.1) is 0 Å². The second-order valence-corrected chi connectivity index (χ2v) is 4.88. The molecule has 0 saturated carbocycles. The summed E-state index contributed by atoms with van der Waals surface area (Å²) >= 11 is 0. The van der Waals surface area contributed by atoms with Gasteiger partial charge in [-0.15, -0.1) is 0 Å². The molecule has 0 aliphatic rings. The van der Waals surface area contributed by atoms with Crippen molar-refractivity contribution in [1.29, 1.82) is 0 Å². The van der Waals surface area contributed by atoms with Crippen LogP contribution in [0.1, 0.15) is 31.2 Å². The van der Waals surface area contributed by atoms with Crippen molar-refractivity contribution in [1.82, 2.24) is 10.2 Å². The van der Waals surface area contributed by atoms with Gasteiger partial charge in [0.2, 0.25) is 0 Å². The predicted molar refractivity (Wildman–Crippen MR) is 77.4 cm³/mol. The van der Waals surface area contributed by atoms with E-state index in [4.69, 9.17) is 5.11 Å². The number of nitrogens with one attached hydrogen (secondary N) is 1. The highest BCUT2D eigenvalue weighted by Gasteiger charge is 2.10. The number of halogens is 1. The molecule has 0 spiro atoms. The molecule has 0 radical (unpaired) electrons. The number of rotatable bonds is 8. The van der Waals surface area contributed by atoms with E-state index < -0.39 is 5.97 Å². The number of carboxylic acids is 1. The fourth-order valence-corrected chi connectivity index (χ4v) is 1.86. The Kier molecular flexibility index (Phi) is 7.21. The van der Waals surface area contributed by atoms with Crippen LogP contribution in [0, 0.1) is 5.82 Å². The van der Waals surface area contributed by atoms with Crippen LogP contribution >= 0.6 is 0 Å². The summed E-state index contributed by atoms with van der Waals surface area (Å²) in [6.07, 6.45) is 2.24. The van der Waals surface area contributed by atoms with Gasteiger partial charge in [-0.1, -0.05) is 24.6 Å². The average molecular weight is 296 g/mol. The Morgan fingerprint density at radius 3 is 2.62 bits per heavy atom. The monoisotopic (exact) mass is 296 g/mol. The molecule has 0 saturated heterocycles. The molecule has 21 heavy (non-hydrogen) atoms. The third-order valence-electron chi connectivity index (χ3n) is 3.06. The average Bonchev–Trinajstić information content (AvgIpc) is 2.44. The molecule has 1 rings (SSSR count). The van der Waals surface area contributed by atoms with E-state index in [9.17, 15) is 14.0 Å². The van der Waals surface area contributed by atoms with Crippen molar-refractivity contribution >= 4 is 12.0 Å². The van der Waals surface area contributed by atoms with E-state index in [-0.39, 0.29) is 24.8 Å². The summed E-state index contributed by atoms with van der Waals surface area (Å²) in [6, 6.07) is 6.08. The Morgan fingerprint density at radius 2 is 1.95 bits per heavy atom. The van der Waals surface area contributed by atoms with Gasteiger partial charge in [0, 0.05) is 32.1 Å². The molecule has 0 fully saturated rings. The first-order valence-corrected chi connectivity index (χ1v) is 6.95.